The molecule has 1 heterocycles. The molecular formula is C19H24ClN3O2. The number of carbonyl (C=O) groups is 1. The summed E-state index contributed by atoms with van der Waals surface area (Å²) >= 11 is 6.52. The highest BCUT2D eigenvalue weighted by atomic mass is 35.5. The summed E-state index contributed by atoms with van der Waals surface area (Å²) in [5, 5.41) is 0.517. The molecule has 0 amide bonds. The van der Waals surface area contributed by atoms with Gasteiger partial charge in [-0.2, -0.15) is 0 Å². The van der Waals surface area contributed by atoms with Crippen LogP contribution < -0.4 is 5.73 Å². The summed E-state index contributed by atoms with van der Waals surface area (Å²) in [4.78, 5) is 16.1. The smallest absolute Gasteiger partial charge is 0.330 e. The molecule has 1 aromatic heterocycles. The van der Waals surface area contributed by atoms with E-state index >= 15 is 0 Å². The van der Waals surface area contributed by atoms with Crippen molar-refractivity contribution in [2.45, 2.75) is 39.7 Å². The van der Waals surface area contributed by atoms with Gasteiger partial charge in [-0.05, 0) is 37.1 Å². The molecule has 0 aliphatic carbocycles. The highest BCUT2D eigenvalue weighted by molar-refractivity contribution is 6.31. The number of anilines is 1. The van der Waals surface area contributed by atoms with Gasteiger partial charge < -0.3 is 15.0 Å². The third kappa shape index (κ3) is 5.36. The van der Waals surface area contributed by atoms with Crippen molar-refractivity contribution in [1.82, 2.24) is 9.55 Å². The van der Waals surface area contributed by atoms with Crippen LogP contribution in [0.5, 0.6) is 0 Å². The van der Waals surface area contributed by atoms with E-state index in [1.165, 1.54) is 6.08 Å². The van der Waals surface area contributed by atoms with Gasteiger partial charge in [-0.1, -0.05) is 37.1 Å². The SMILES string of the molecule is CCCCc1nc(C=CC(=O)OCC)c(Cl)n1Cc1ccc(N)cc1. The Morgan fingerprint density at radius 3 is 2.68 bits per heavy atom. The van der Waals surface area contributed by atoms with E-state index in [0.29, 0.717) is 24.0 Å². The molecule has 2 N–H and O–H groups in total. The summed E-state index contributed by atoms with van der Waals surface area (Å²) in [6.07, 6.45) is 5.89. The largest absolute Gasteiger partial charge is 0.463 e. The first kappa shape index (κ1) is 19.1. The van der Waals surface area contributed by atoms with E-state index in [4.69, 9.17) is 22.1 Å². The minimum Gasteiger partial charge on any atom is -0.463 e. The lowest BCUT2D eigenvalue weighted by Crippen LogP contribution is -2.05. The third-order valence-electron chi connectivity index (χ3n) is 3.75. The number of unbranched alkanes of at least 4 members (excludes halogenated alkanes) is 1. The number of benzene rings is 1. The topological polar surface area (TPSA) is 70.1 Å². The summed E-state index contributed by atoms with van der Waals surface area (Å²) < 4.78 is 6.88. The van der Waals surface area contributed by atoms with E-state index in [1.54, 1.807) is 13.0 Å². The third-order valence-corrected chi connectivity index (χ3v) is 4.15. The Hall–Kier alpha value is -2.27. The lowest BCUT2D eigenvalue weighted by atomic mass is 10.2. The fourth-order valence-corrected chi connectivity index (χ4v) is 2.70. The van der Waals surface area contributed by atoms with Gasteiger partial charge in [0.15, 0.2) is 0 Å². The molecule has 0 saturated carbocycles. The number of hydrogen-bond donors (Lipinski definition) is 1. The Kier molecular flexibility index (Phi) is 7.07. The van der Waals surface area contributed by atoms with E-state index < -0.39 is 5.97 Å². The number of aromatic nitrogens is 2. The van der Waals surface area contributed by atoms with Crippen LogP contribution in [0, 0.1) is 0 Å². The van der Waals surface area contributed by atoms with Crippen LogP contribution >= 0.6 is 11.6 Å². The van der Waals surface area contributed by atoms with Crippen LogP contribution in [0.2, 0.25) is 5.15 Å². The molecule has 0 spiro atoms. The minimum absolute atomic E-state index is 0.338. The first-order valence-corrected chi connectivity index (χ1v) is 8.87. The quantitative estimate of drug-likeness (QED) is 0.437. The van der Waals surface area contributed by atoms with Crippen molar-refractivity contribution in [1.29, 1.82) is 0 Å². The summed E-state index contributed by atoms with van der Waals surface area (Å²) in [6, 6.07) is 7.69. The van der Waals surface area contributed by atoms with E-state index in [9.17, 15) is 4.79 Å². The van der Waals surface area contributed by atoms with Gasteiger partial charge >= 0.3 is 5.97 Å². The number of nitrogen functional groups attached to an aromatic ring is 1. The zero-order valence-corrected chi connectivity index (χ0v) is 15.4. The van der Waals surface area contributed by atoms with Crippen molar-refractivity contribution >= 4 is 29.3 Å². The monoisotopic (exact) mass is 361 g/mol. The van der Waals surface area contributed by atoms with Crippen LogP contribution in [-0.2, 0) is 22.5 Å². The van der Waals surface area contributed by atoms with Crippen molar-refractivity contribution in [2.75, 3.05) is 12.3 Å². The molecule has 0 saturated heterocycles. The average Bonchev–Trinajstić information content (AvgIpc) is 2.89. The zero-order valence-electron chi connectivity index (χ0n) is 14.7. The summed E-state index contributed by atoms with van der Waals surface area (Å²) in [6.45, 7) is 4.85. The van der Waals surface area contributed by atoms with E-state index in [1.807, 2.05) is 28.8 Å². The van der Waals surface area contributed by atoms with Gasteiger partial charge in [0.1, 0.15) is 16.7 Å². The zero-order chi connectivity index (χ0) is 18.2. The first-order chi connectivity index (χ1) is 12.0. The molecule has 0 aliphatic heterocycles. The van der Waals surface area contributed by atoms with Crippen molar-refractivity contribution in [2.24, 2.45) is 0 Å². The maximum absolute atomic E-state index is 11.5. The number of ether oxygens (including phenoxy) is 1. The number of aryl methyl sites for hydroxylation is 1. The van der Waals surface area contributed by atoms with E-state index in [-0.39, 0.29) is 0 Å². The van der Waals surface area contributed by atoms with Crippen LogP contribution in [0.25, 0.3) is 6.08 Å². The number of rotatable bonds is 8. The second-order valence-electron chi connectivity index (χ2n) is 5.72. The molecule has 25 heavy (non-hydrogen) atoms. The fraction of sp³-hybridized carbons (Fsp3) is 0.368. The molecule has 0 atom stereocenters. The molecule has 0 aliphatic rings. The summed E-state index contributed by atoms with van der Waals surface area (Å²) in [7, 11) is 0. The Bertz CT molecular complexity index is 736. The molecule has 2 rings (SSSR count). The van der Waals surface area contributed by atoms with Gasteiger partial charge in [0, 0.05) is 18.2 Å². The van der Waals surface area contributed by atoms with Gasteiger partial charge in [-0.3, -0.25) is 0 Å². The van der Waals surface area contributed by atoms with Gasteiger partial charge in [-0.15, -0.1) is 0 Å². The molecule has 2 aromatic rings. The molecule has 0 unspecified atom stereocenters. The maximum Gasteiger partial charge on any atom is 0.330 e. The van der Waals surface area contributed by atoms with E-state index in [0.717, 1.165) is 36.3 Å². The molecular weight excluding hydrogens is 338 g/mol. The normalized spacial score (nSPS) is 11.2. The van der Waals surface area contributed by atoms with Crippen molar-refractivity contribution in [3.05, 3.63) is 52.6 Å². The van der Waals surface area contributed by atoms with Crippen LogP contribution in [0.4, 0.5) is 5.69 Å². The number of esters is 1. The standard InChI is InChI=1S/C19H24ClN3O2/c1-3-5-6-17-22-16(11-12-18(24)25-4-2)19(20)23(17)13-14-7-9-15(21)10-8-14/h7-12H,3-6,13,21H2,1-2H3. The predicted octanol–water partition coefficient (Wildman–Crippen LogP) is 4.09. The van der Waals surface area contributed by atoms with Crippen LogP contribution in [-0.4, -0.2) is 22.1 Å². The summed E-state index contributed by atoms with van der Waals surface area (Å²) in [5.41, 5.74) is 8.14. The van der Waals surface area contributed by atoms with Crippen LogP contribution in [0.15, 0.2) is 30.3 Å². The lowest BCUT2D eigenvalue weighted by molar-refractivity contribution is -0.137. The average molecular weight is 362 g/mol. The number of halogens is 1. The van der Waals surface area contributed by atoms with Gasteiger partial charge in [0.2, 0.25) is 0 Å². The minimum atomic E-state index is -0.401. The Labute approximate surface area is 153 Å². The number of nitrogens with zero attached hydrogens (tertiary/aromatic N) is 2. The Morgan fingerprint density at radius 2 is 2.04 bits per heavy atom. The fourth-order valence-electron chi connectivity index (χ4n) is 2.43. The first-order valence-electron chi connectivity index (χ1n) is 8.49. The van der Waals surface area contributed by atoms with Crippen molar-refractivity contribution in [3.63, 3.8) is 0 Å². The molecule has 1 aromatic carbocycles. The van der Waals surface area contributed by atoms with Crippen LogP contribution in [0.1, 0.15) is 43.8 Å². The van der Waals surface area contributed by atoms with Crippen molar-refractivity contribution < 1.29 is 9.53 Å². The Morgan fingerprint density at radius 1 is 1.32 bits per heavy atom. The second kappa shape index (κ2) is 9.28. The van der Waals surface area contributed by atoms with Crippen molar-refractivity contribution in [3.8, 4) is 0 Å². The molecule has 134 valence electrons. The number of nitrogens with two attached hydrogens (primary N) is 1. The molecule has 0 fully saturated rings. The Balaban J connectivity index is 2.28. The summed E-state index contributed by atoms with van der Waals surface area (Å²) in [5.74, 6) is 0.508. The second-order valence-corrected chi connectivity index (χ2v) is 6.08. The van der Waals surface area contributed by atoms with Gasteiger partial charge in [-0.25, -0.2) is 9.78 Å². The highest BCUT2D eigenvalue weighted by Gasteiger charge is 2.14. The number of hydrogen-bond acceptors (Lipinski definition) is 4. The molecule has 5 nitrogen and oxygen atoms in total. The molecule has 0 radical (unpaired) electrons. The van der Waals surface area contributed by atoms with Crippen LogP contribution in [0.3, 0.4) is 0 Å². The highest BCUT2D eigenvalue weighted by Crippen LogP contribution is 2.23. The van der Waals surface area contributed by atoms with Gasteiger partial charge in [0.05, 0.1) is 13.2 Å². The lowest BCUT2D eigenvalue weighted by Gasteiger charge is -2.09. The molecule has 0 bridgehead atoms. The predicted molar refractivity (Wildman–Crippen MR) is 101 cm³/mol. The number of carbonyl (C=O) groups excluding carboxylic acids is 1. The maximum atomic E-state index is 11.5. The van der Waals surface area contributed by atoms with Gasteiger partial charge in [0.25, 0.3) is 0 Å². The molecule has 6 heteroatoms. The number of imidazole rings is 1. The van der Waals surface area contributed by atoms with E-state index in [2.05, 4.69) is 11.9 Å².